The van der Waals surface area contributed by atoms with E-state index in [9.17, 15) is 5.11 Å². The first-order valence-electron chi connectivity index (χ1n) is 4.04. The molecular weight excluding hydrogens is 154 g/mol. The van der Waals surface area contributed by atoms with Gasteiger partial charge in [0.05, 0.1) is 0 Å². The van der Waals surface area contributed by atoms with Gasteiger partial charge in [0.25, 0.3) is 0 Å². The van der Waals surface area contributed by atoms with Crippen LogP contribution in [0.2, 0.25) is 0 Å². The van der Waals surface area contributed by atoms with Crippen molar-refractivity contribution >= 4 is 0 Å². The summed E-state index contributed by atoms with van der Waals surface area (Å²) in [5.41, 5.74) is 0. The molecule has 0 radical (unpaired) electrons. The molecule has 0 saturated carbocycles. The second-order valence-corrected chi connectivity index (χ2v) is 2.87. The van der Waals surface area contributed by atoms with Crippen LogP contribution in [0.4, 0.5) is 0 Å². The van der Waals surface area contributed by atoms with E-state index in [0.29, 0.717) is 6.67 Å². The molecule has 0 aliphatic carbocycles. The van der Waals surface area contributed by atoms with Gasteiger partial charge in [-0.25, -0.2) is 0 Å². The molecule has 0 aromatic carbocycles. The minimum absolute atomic E-state index is 0.558. The standard InChI is InChI=1S/C8H19N3O/c1-9-7-10-8(12)5-4-6-11(2)3/h4-5,8-10,12H,6-7H2,1-3H3/b5-4+. The van der Waals surface area contributed by atoms with Crippen molar-refractivity contribution in [2.75, 3.05) is 34.4 Å². The summed E-state index contributed by atoms with van der Waals surface area (Å²) < 4.78 is 0. The van der Waals surface area contributed by atoms with Crippen LogP contribution in [0.15, 0.2) is 12.2 Å². The Morgan fingerprint density at radius 1 is 1.50 bits per heavy atom. The Kier molecular flexibility index (Phi) is 6.99. The number of hydrogen-bond donors (Lipinski definition) is 3. The van der Waals surface area contributed by atoms with Gasteiger partial charge in [-0.3, -0.25) is 5.32 Å². The summed E-state index contributed by atoms with van der Waals surface area (Å²) in [7, 11) is 5.79. The first-order chi connectivity index (χ1) is 5.66. The zero-order valence-electron chi connectivity index (χ0n) is 8.04. The van der Waals surface area contributed by atoms with E-state index in [-0.39, 0.29) is 0 Å². The third-order valence-corrected chi connectivity index (χ3v) is 1.28. The van der Waals surface area contributed by atoms with E-state index in [1.165, 1.54) is 0 Å². The van der Waals surface area contributed by atoms with E-state index in [1.807, 2.05) is 32.1 Å². The van der Waals surface area contributed by atoms with E-state index in [0.717, 1.165) is 6.54 Å². The molecule has 4 heteroatoms. The highest BCUT2D eigenvalue weighted by atomic mass is 16.3. The zero-order valence-corrected chi connectivity index (χ0v) is 8.04. The largest absolute Gasteiger partial charge is 0.375 e. The molecule has 0 aliphatic rings. The van der Waals surface area contributed by atoms with Gasteiger partial charge in [-0.2, -0.15) is 0 Å². The highest BCUT2D eigenvalue weighted by Gasteiger charge is 1.93. The summed E-state index contributed by atoms with van der Waals surface area (Å²) in [6.45, 7) is 1.45. The highest BCUT2D eigenvalue weighted by molar-refractivity contribution is 4.88. The molecule has 0 spiro atoms. The second-order valence-electron chi connectivity index (χ2n) is 2.87. The Hall–Kier alpha value is -0.420. The van der Waals surface area contributed by atoms with Gasteiger partial charge in [-0.15, -0.1) is 0 Å². The van der Waals surface area contributed by atoms with Gasteiger partial charge in [0.15, 0.2) is 0 Å². The van der Waals surface area contributed by atoms with E-state index in [2.05, 4.69) is 10.6 Å². The lowest BCUT2D eigenvalue weighted by Crippen LogP contribution is -2.34. The van der Waals surface area contributed by atoms with Gasteiger partial charge in [-0.1, -0.05) is 6.08 Å². The maximum Gasteiger partial charge on any atom is 0.125 e. The third-order valence-electron chi connectivity index (χ3n) is 1.28. The smallest absolute Gasteiger partial charge is 0.125 e. The van der Waals surface area contributed by atoms with Crippen LogP contribution in [-0.4, -0.2) is 50.6 Å². The number of nitrogens with zero attached hydrogens (tertiary/aromatic N) is 1. The minimum Gasteiger partial charge on any atom is -0.375 e. The number of nitrogens with one attached hydrogen (secondary N) is 2. The number of aliphatic hydroxyl groups is 1. The summed E-state index contributed by atoms with van der Waals surface area (Å²) in [4.78, 5) is 2.03. The first kappa shape index (κ1) is 11.6. The average Bonchev–Trinajstić information content (AvgIpc) is 2.00. The summed E-state index contributed by atoms with van der Waals surface area (Å²) in [6.07, 6.45) is 3.10. The van der Waals surface area contributed by atoms with Crippen LogP contribution in [0.1, 0.15) is 0 Å². The van der Waals surface area contributed by atoms with Crippen molar-refractivity contribution in [1.29, 1.82) is 0 Å². The van der Waals surface area contributed by atoms with Gasteiger partial charge in [0.2, 0.25) is 0 Å². The molecule has 0 aromatic heterocycles. The third kappa shape index (κ3) is 7.68. The lowest BCUT2D eigenvalue weighted by molar-refractivity contribution is 0.182. The topological polar surface area (TPSA) is 47.5 Å². The van der Waals surface area contributed by atoms with Crippen LogP contribution < -0.4 is 10.6 Å². The molecule has 1 unspecified atom stereocenters. The fourth-order valence-electron chi connectivity index (χ4n) is 0.675. The lowest BCUT2D eigenvalue weighted by atomic mass is 10.4. The Morgan fingerprint density at radius 3 is 2.67 bits per heavy atom. The molecule has 0 aromatic rings. The fraction of sp³-hybridized carbons (Fsp3) is 0.750. The quantitative estimate of drug-likeness (QED) is 0.363. The van der Waals surface area contributed by atoms with Crippen LogP contribution in [-0.2, 0) is 0 Å². The van der Waals surface area contributed by atoms with Crippen molar-refractivity contribution in [3.63, 3.8) is 0 Å². The monoisotopic (exact) mass is 173 g/mol. The summed E-state index contributed by atoms with van der Waals surface area (Å²) in [5.74, 6) is 0. The minimum atomic E-state index is -0.558. The molecule has 0 saturated heterocycles. The number of hydrogen-bond acceptors (Lipinski definition) is 4. The SMILES string of the molecule is CNCNC(O)/C=C/CN(C)C. The number of rotatable bonds is 6. The summed E-state index contributed by atoms with van der Waals surface area (Å²) >= 11 is 0. The Bertz CT molecular complexity index is 125. The Labute approximate surface area is 74.3 Å². The molecule has 0 amide bonds. The predicted octanol–water partition coefficient (Wildman–Crippen LogP) is -0.811. The zero-order chi connectivity index (χ0) is 9.40. The molecule has 0 aliphatic heterocycles. The van der Waals surface area contributed by atoms with Crippen molar-refractivity contribution in [1.82, 2.24) is 15.5 Å². The Morgan fingerprint density at radius 2 is 2.17 bits per heavy atom. The second kappa shape index (κ2) is 7.24. The van der Waals surface area contributed by atoms with Gasteiger partial charge in [0.1, 0.15) is 6.23 Å². The molecule has 4 nitrogen and oxygen atoms in total. The Balaban J connectivity index is 3.39. The van der Waals surface area contributed by atoms with E-state index in [4.69, 9.17) is 0 Å². The summed E-state index contributed by atoms with van der Waals surface area (Å²) in [6, 6.07) is 0. The molecule has 72 valence electrons. The molecule has 3 N–H and O–H groups in total. The lowest BCUT2D eigenvalue weighted by Gasteiger charge is -2.08. The fourth-order valence-corrected chi connectivity index (χ4v) is 0.675. The molecular formula is C8H19N3O. The van der Waals surface area contributed by atoms with Crippen LogP contribution in [0, 0.1) is 0 Å². The van der Waals surface area contributed by atoms with Gasteiger partial charge in [0, 0.05) is 13.2 Å². The van der Waals surface area contributed by atoms with Crippen LogP contribution in [0.5, 0.6) is 0 Å². The number of likely N-dealkylation sites (N-methyl/N-ethyl adjacent to an activating group) is 1. The van der Waals surface area contributed by atoms with Crippen molar-refractivity contribution in [3.8, 4) is 0 Å². The number of aliphatic hydroxyl groups excluding tert-OH is 1. The highest BCUT2D eigenvalue weighted by Crippen LogP contribution is 1.81. The van der Waals surface area contributed by atoms with Crippen molar-refractivity contribution in [2.45, 2.75) is 6.23 Å². The van der Waals surface area contributed by atoms with Crippen LogP contribution in [0.3, 0.4) is 0 Å². The molecule has 12 heavy (non-hydrogen) atoms. The molecule has 0 bridgehead atoms. The van der Waals surface area contributed by atoms with Crippen molar-refractivity contribution < 1.29 is 5.11 Å². The molecule has 1 atom stereocenters. The molecule has 0 heterocycles. The predicted molar refractivity (Wildman–Crippen MR) is 50.8 cm³/mol. The van der Waals surface area contributed by atoms with Gasteiger partial charge < -0.3 is 15.3 Å². The molecule has 0 rings (SSSR count). The van der Waals surface area contributed by atoms with Crippen LogP contribution >= 0.6 is 0 Å². The van der Waals surface area contributed by atoms with E-state index in [1.54, 1.807) is 6.08 Å². The average molecular weight is 173 g/mol. The van der Waals surface area contributed by atoms with Crippen molar-refractivity contribution in [2.24, 2.45) is 0 Å². The molecule has 0 fully saturated rings. The van der Waals surface area contributed by atoms with Gasteiger partial charge in [-0.05, 0) is 27.2 Å². The van der Waals surface area contributed by atoms with Crippen LogP contribution in [0.25, 0.3) is 0 Å². The maximum absolute atomic E-state index is 9.24. The van der Waals surface area contributed by atoms with E-state index >= 15 is 0 Å². The maximum atomic E-state index is 9.24. The first-order valence-corrected chi connectivity index (χ1v) is 4.04. The van der Waals surface area contributed by atoms with Gasteiger partial charge >= 0.3 is 0 Å². The normalized spacial score (nSPS) is 14.4. The van der Waals surface area contributed by atoms with Crippen molar-refractivity contribution in [3.05, 3.63) is 12.2 Å². The van der Waals surface area contributed by atoms with E-state index < -0.39 is 6.23 Å². The summed E-state index contributed by atoms with van der Waals surface area (Å²) in [5, 5.41) is 15.0.